The molecule has 2 amide bonds. The lowest BCUT2D eigenvalue weighted by molar-refractivity contribution is -0.136. The summed E-state index contributed by atoms with van der Waals surface area (Å²) in [5.74, 6) is -0.875. The third-order valence-electron chi connectivity index (χ3n) is 4.74. The molecule has 0 atom stereocenters. The SMILES string of the molecule is CCOc1cc(/C=N/NC(=O)C(=O)Nc2ccccc2OC)ccc1OC(=O)c1ccc(OC)cc1. The minimum absolute atomic E-state index is 0.218. The highest BCUT2D eigenvalue weighted by molar-refractivity contribution is 6.39. The van der Waals surface area contributed by atoms with Crippen LogP contribution in [0.2, 0.25) is 0 Å². The first kappa shape index (κ1) is 25.8. The minimum Gasteiger partial charge on any atom is -0.497 e. The largest absolute Gasteiger partial charge is 0.497 e. The van der Waals surface area contributed by atoms with Gasteiger partial charge < -0.3 is 24.3 Å². The van der Waals surface area contributed by atoms with Gasteiger partial charge in [0.25, 0.3) is 0 Å². The van der Waals surface area contributed by atoms with Gasteiger partial charge in [0.2, 0.25) is 0 Å². The minimum atomic E-state index is -0.966. The second-order valence-corrected chi connectivity index (χ2v) is 7.11. The Morgan fingerprint density at radius 1 is 0.861 bits per heavy atom. The Morgan fingerprint density at radius 2 is 1.61 bits per heavy atom. The van der Waals surface area contributed by atoms with E-state index in [4.69, 9.17) is 18.9 Å². The van der Waals surface area contributed by atoms with Crippen LogP contribution in [0.4, 0.5) is 5.69 Å². The summed E-state index contributed by atoms with van der Waals surface area (Å²) in [7, 11) is 2.99. The van der Waals surface area contributed by atoms with Crippen LogP contribution in [-0.2, 0) is 9.59 Å². The number of hydrazone groups is 1. The van der Waals surface area contributed by atoms with E-state index in [1.54, 1.807) is 73.7 Å². The summed E-state index contributed by atoms with van der Waals surface area (Å²) in [4.78, 5) is 36.7. The quantitative estimate of drug-likeness (QED) is 0.155. The molecule has 0 aliphatic heterocycles. The fourth-order valence-corrected chi connectivity index (χ4v) is 2.99. The van der Waals surface area contributed by atoms with E-state index in [-0.39, 0.29) is 5.75 Å². The van der Waals surface area contributed by atoms with Gasteiger partial charge in [-0.3, -0.25) is 9.59 Å². The van der Waals surface area contributed by atoms with Gasteiger partial charge in [-0.15, -0.1) is 0 Å². The normalized spacial score (nSPS) is 10.4. The lowest BCUT2D eigenvalue weighted by Gasteiger charge is -2.11. The first-order valence-corrected chi connectivity index (χ1v) is 10.9. The van der Waals surface area contributed by atoms with E-state index in [0.717, 1.165) is 0 Å². The zero-order chi connectivity index (χ0) is 25.9. The third kappa shape index (κ3) is 6.83. The molecular weight excluding hydrogens is 466 g/mol. The number of methoxy groups -OCH3 is 2. The van der Waals surface area contributed by atoms with Crippen LogP contribution in [0.5, 0.6) is 23.0 Å². The smallest absolute Gasteiger partial charge is 0.343 e. The van der Waals surface area contributed by atoms with Crippen LogP contribution in [0.15, 0.2) is 71.8 Å². The van der Waals surface area contributed by atoms with Gasteiger partial charge in [-0.2, -0.15) is 5.10 Å². The van der Waals surface area contributed by atoms with E-state index in [2.05, 4.69) is 15.8 Å². The zero-order valence-electron chi connectivity index (χ0n) is 19.9. The molecule has 186 valence electrons. The van der Waals surface area contributed by atoms with Crippen molar-refractivity contribution in [1.29, 1.82) is 0 Å². The molecule has 36 heavy (non-hydrogen) atoms. The molecule has 3 aromatic rings. The molecule has 2 N–H and O–H groups in total. The van der Waals surface area contributed by atoms with E-state index >= 15 is 0 Å². The van der Waals surface area contributed by atoms with Gasteiger partial charge in [-0.05, 0) is 67.1 Å². The molecule has 10 heteroatoms. The molecule has 0 spiro atoms. The van der Waals surface area contributed by atoms with Gasteiger partial charge in [0.15, 0.2) is 11.5 Å². The van der Waals surface area contributed by atoms with Crippen molar-refractivity contribution in [3.05, 3.63) is 77.9 Å². The van der Waals surface area contributed by atoms with Crippen molar-refractivity contribution in [3.63, 3.8) is 0 Å². The lowest BCUT2D eigenvalue weighted by Crippen LogP contribution is -2.32. The van der Waals surface area contributed by atoms with Crippen LogP contribution in [0.25, 0.3) is 0 Å². The molecule has 0 heterocycles. The van der Waals surface area contributed by atoms with Crippen LogP contribution in [0.1, 0.15) is 22.8 Å². The number of nitrogens with one attached hydrogen (secondary N) is 2. The number of carbonyl (C=O) groups is 3. The van der Waals surface area contributed by atoms with Gasteiger partial charge in [0, 0.05) is 0 Å². The topological polar surface area (TPSA) is 125 Å². The number of nitrogens with zero attached hydrogens (tertiary/aromatic N) is 1. The second kappa shape index (κ2) is 12.6. The van der Waals surface area contributed by atoms with Crippen LogP contribution in [0.3, 0.4) is 0 Å². The maximum Gasteiger partial charge on any atom is 0.343 e. The number of carbonyl (C=O) groups excluding carboxylic acids is 3. The lowest BCUT2D eigenvalue weighted by atomic mass is 10.2. The third-order valence-corrected chi connectivity index (χ3v) is 4.74. The standard InChI is InChI=1S/C26H25N3O7/c1-4-35-23-15-17(9-14-22(23)36-26(32)18-10-12-19(33-2)13-11-18)16-27-29-25(31)24(30)28-20-7-5-6-8-21(20)34-3/h5-16H,4H2,1-3H3,(H,28,30)(H,29,31)/b27-16+. The van der Waals surface area contributed by atoms with Crippen molar-refractivity contribution < 1.29 is 33.3 Å². The van der Waals surface area contributed by atoms with Gasteiger partial charge >= 0.3 is 17.8 Å². The molecule has 0 aliphatic rings. The van der Waals surface area contributed by atoms with Gasteiger partial charge in [0.05, 0.1) is 38.3 Å². The van der Waals surface area contributed by atoms with E-state index in [9.17, 15) is 14.4 Å². The Balaban J connectivity index is 1.64. The van der Waals surface area contributed by atoms with Gasteiger partial charge in [0.1, 0.15) is 11.5 Å². The molecule has 0 fully saturated rings. The Hall–Kier alpha value is -4.86. The number of esters is 1. The van der Waals surface area contributed by atoms with Gasteiger partial charge in [-0.25, -0.2) is 10.2 Å². The molecule has 0 saturated heterocycles. The Bertz CT molecular complexity index is 1260. The Labute approximate surface area is 207 Å². The van der Waals surface area contributed by atoms with Crippen LogP contribution < -0.4 is 29.7 Å². The van der Waals surface area contributed by atoms with Crippen molar-refractivity contribution in [1.82, 2.24) is 5.43 Å². The molecule has 0 aliphatic carbocycles. The molecular formula is C26H25N3O7. The fourth-order valence-electron chi connectivity index (χ4n) is 2.99. The molecule has 0 bridgehead atoms. The summed E-state index contributed by atoms with van der Waals surface area (Å²) in [5, 5.41) is 6.27. The number of amides is 2. The van der Waals surface area contributed by atoms with Crippen molar-refractivity contribution in [2.45, 2.75) is 6.92 Å². The maximum atomic E-state index is 12.5. The first-order chi connectivity index (χ1) is 17.4. The van der Waals surface area contributed by atoms with Crippen LogP contribution in [0, 0.1) is 0 Å². The van der Waals surface area contributed by atoms with Crippen molar-refractivity contribution in [2.75, 3.05) is 26.1 Å². The Kier molecular flexibility index (Phi) is 8.99. The summed E-state index contributed by atoms with van der Waals surface area (Å²) in [6.07, 6.45) is 1.33. The molecule has 0 aromatic heterocycles. The number of hydrogen-bond donors (Lipinski definition) is 2. The number of ether oxygens (including phenoxy) is 4. The van der Waals surface area contributed by atoms with Crippen molar-refractivity contribution in [2.24, 2.45) is 5.10 Å². The molecule has 3 aromatic carbocycles. The number of benzene rings is 3. The fraction of sp³-hybridized carbons (Fsp3) is 0.154. The maximum absolute atomic E-state index is 12.5. The van der Waals surface area contributed by atoms with Crippen LogP contribution in [-0.4, -0.2) is 44.8 Å². The van der Waals surface area contributed by atoms with E-state index in [1.165, 1.54) is 20.4 Å². The van der Waals surface area contributed by atoms with Crippen LogP contribution >= 0.6 is 0 Å². The van der Waals surface area contributed by atoms with E-state index in [1.807, 2.05) is 0 Å². The summed E-state index contributed by atoms with van der Waals surface area (Å²) in [6.45, 7) is 2.12. The monoisotopic (exact) mass is 491 g/mol. The molecule has 0 saturated carbocycles. The zero-order valence-corrected chi connectivity index (χ0v) is 19.9. The Morgan fingerprint density at radius 3 is 2.31 bits per heavy atom. The summed E-state index contributed by atoms with van der Waals surface area (Å²) in [5.41, 5.74) is 3.39. The average Bonchev–Trinajstić information content (AvgIpc) is 2.90. The molecule has 10 nitrogen and oxygen atoms in total. The van der Waals surface area contributed by atoms with Crippen molar-refractivity contribution >= 4 is 29.7 Å². The average molecular weight is 492 g/mol. The number of hydrogen-bond acceptors (Lipinski definition) is 8. The molecule has 0 radical (unpaired) electrons. The summed E-state index contributed by atoms with van der Waals surface area (Å²) < 4.78 is 21.3. The first-order valence-electron chi connectivity index (χ1n) is 10.9. The van der Waals surface area contributed by atoms with E-state index < -0.39 is 17.8 Å². The van der Waals surface area contributed by atoms with Gasteiger partial charge in [-0.1, -0.05) is 12.1 Å². The molecule has 3 rings (SSSR count). The number of anilines is 1. The summed E-state index contributed by atoms with van der Waals surface area (Å²) in [6, 6.07) is 17.9. The summed E-state index contributed by atoms with van der Waals surface area (Å²) >= 11 is 0. The predicted molar refractivity (Wildman–Crippen MR) is 133 cm³/mol. The highest BCUT2D eigenvalue weighted by Gasteiger charge is 2.16. The second-order valence-electron chi connectivity index (χ2n) is 7.11. The highest BCUT2D eigenvalue weighted by Crippen LogP contribution is 2.29. The van der Waals surface area contributed by atoms with E-state index in [0.29, 0.717) is 40.7 Å². The number of para-hydroxylation sites is 2. The van der Waals surface area contributed by atoms with Crippen molar-refractivity contribution in [3.8, 4) is 23.0 Å². The molecule has 0 unspecified atom stereocenters. The number of rotatable bonds is 9. The highest BCUT2D eigenvalue weighted by atomic mass is 16.6. The predicted octanol–water partition coefficient (Wildman–Crippen LogP) is 3.41.